The van der Waals surface area contributed by atoms with E-state index in [2.05, 4.69) is 54.7 Å². The molecule has 0 aliphatic carbocycles. The van der Waals surface area contributed by atoms with Crippen LogP contribution < -0.4 is 5.32 Å². The number of nitrogens with zero attached hydrogens (tertiary/aromatic N) is 2. The second-order valence-corrected chi connectivity index (χ2v) is 8.83. The van der Waals surface area contributed by atoms with Crippen molar-refractivity contribution in [3.63, 3.8) is 0 Å². The molecule has 1 aromatic heterocycles. The van der Waals surface area contributed by atoms with Gasteiger partial charge in [-0.1, -0.05) is 84.9 Å². The molecule has 0 unspecified atom stereocenters. The molecule has 5 aromatic rings. The van der Waals surface area contributed by atoms with Crippen LogP contribution in [0, 0.1) is 20.8 Å². The van der Waals surface area contributed by atoms with E-state index in [1.807, 2.05) is 79.2 Å². The van der Waals surface area contributed by atoms with Crippen molar-refractivity contribution >= 4 is 11.6 Å². The van der Waals surface area contributed by atoms with Gasteiger partial charge >= 0.3 is 0 Å². The third-order valence-corrected chi connectivity index (χ3v) is 6.21. The highest BCUT2D eigenvalue weighted by atomic mass is 16.2. The van der Waals surface area contributed by atoms with Crippen molar-refractivity contribution < 1.29 is 4.79 Å². The Morgan fingerprint density at radius 3 is 2.09 bits per heavy atom. The van der Waals surface area contributed by atoms with Gasteiger partial charge in [0.25, 0.3) is 5.91 Å². The number of carbonyl (C=O) groups is 1. The van der Waals surface area contributed by atoms with Gasteiger partial charge in [0.05, 0.1) is 11.4 Å². The lowest BCUT2D eigenvalue weighted by Crippen LogP contribution is -2.14. The molecule has 0 bridgehead atoms. The van der Waals surface area contributed by atoms with Gasteiger partial charge in [0.1, 0.15) is 0 Å². The first-order valence-corrected chi connectivity index (χ1v) is 11.7. The molecule has 5 rings (SSSR count). The van der Waals surface area contributed by atoms with E-state index >= 15 is 0 Å². The Kier molecular flexibility index (Phi) is 6.02. The van der Waals surface area contributed by atoms with Crippen molar-refractivity contribution in [2.75, 3.05) is 5.32 Å². The standard InChI is InChI=1S/C31H27N3O/c1-21-13-14-22(2)27(19-21)32-31(35)28-20-30(34(33-28)29-12-8-7-9-23(29)3)26-17-15-25(16-18-26)24-10-5-4-6-11-24/h4-20H,1-3H3,(H,32,35). The summed E-state index contributed by atoms with van der Waals surface area (Å²) in [6.45, 7) is 6.05. The van der Waals surface area contributed by atoms with Crippen LogP contribution >= 0.6 is 0 Å². The Balaban J connectivity index is 1.55. The van der Waals surface area contributed by atoms with E-state index in [0.29, 0.717) is 5.69 Å². The van der Waals surface area contributed by atoms with E-state index in [0.717, 1.165) is 44.9 Å². The van der Waals surface area contributed by atoms with Crippen LogP contribution in [0.4, 0.5) is 5.69 Å². The number of hydrogen-bond donors (Lipinski definition) is 1. The molecular weight excluding hydrogens is 430 g/mol. The minimum Gasteiger partial charge on any atom is -0.320 e. The maximum atomic E-state index is 13.2. The fourth-order valence-corrected chi connectivity index (χ4v) is 4.20. The van der Waals surface area contributed by atoms with Crippen molar-refractivity contribution in [3.05, 3.63) is 126 Å². The van der Waals surface area contributed by atoms with E-state index < -0.39 is 0 Å². The highest BCUT2D eigenvalue weighted by Gasteiger charge is 2.18. The zero-order chi connectivity index (χ0) is 24.4. The van der Waals surface area contributed by atoms with Gasteiger partial charge in [0.15, 0.2) is 5.69 Å². The van der Waals surface area contributed by atoms with Crippen LogP contribution in [0.3, 0.4) is 0 Å². The summed E-state index contributed by atoms with van der Waals surface area (Å²) in [5.41, 5.74) is 9.47. The maximum Gasteiger partial charge on any atom is 0.276 e. The molecule has 0 aliphatic heterocycles. The quantitative estimate of drug-likeness (QED) is 0.299. The summed E-state index contributed by atoms with van der Waals surface area (Å²) in [5.74, 6) is -0.229. The molecule has 0 aliphatic rings. The average Bonchev–Trinajstić information content (AvgIpc) is 3.33. The summed E-state index contributed by atoms with van der Waals surface area (Å²) in [6.07, 6.45) is 0. The molecular formula is C31H27N3O. The first kappa shape index (κ1) is 22.4. The zero-order valence-electron chi connectivity index (χ0n) is 20.1. The minimum absolute atomic E-state index is 0.229. The number of hydrogen-bond acceptors (Lipinski definition) is 2. The fourth-order valence-electron chi connectivity index (χ4n) is 4.20. The molecule has 35 heavy (non-hydrogen) atoms. The summed E-state index contributed by atoms with van der Waals surface area (Å²) in [5, 5.41) is 7.79. The van der Waals surface area contributed by atoms with Crippen molar-refractivity contribution in [2.24, 2.45) is 0 Å². The SMILES string of the molecule is Cc1ccc(C)c(NC(=O)c2cc(-c3ccc(-c4ccccc4)cc3)n(-c3ccccc3C)n2)c1. The first-order valence-electron chi connectivity index (χ1n) is 11.7. The predicted molar refractivity (Wildman–Crippen MR) is 143 cm³/mol. The molecule has 172 valence electrons. The van der Waals surface area contributed by atoms with E-state index in [9.17, 15) is 4.79 Å². The molecule has 0 saturated carbocycles. The van der Waals surface area contributed by atoms with Gasteiger partial charge in [0.2, 0.25) is 0 Å². The van der Waals surface area contributed by atoms with Gasteiger partial charge in [0, 0.05) is 11.3 Å². The van der Waals surface area contributed by atoms with Crippen LogP contribution in [0.25, 0.3) is 28.1 Å². The molecule has 1 amide bonds. The van der Waals surface area contributed by atoms with Crippen LogP contribution in [0.15, 0.2) is 103 Å². The van der Waals surface area contributed by atoms with E-state index in [1.165, 1.54) is 5.56 Å². The molecule has 4 nitrogen and oxygen atoms in total. The Morgan fingerprint density at radius 2 is 1.34 bits per heavy atom. The number of anilines is 1. The number of aryl methyl sites for hydroxylation is 3. The van der Waals surface area contributed by atoms with Crippen molar-refractivity contribution in [3.8, 4) is 28.1 Å². The van der Waals surface area contributed by atoms with Gasteiger partial charge in [-0.25, -0.2) is 4.68 Å². The highest BCUT2D eigenvalue weighted by Crippen LogP contribution is 2.29. The van der Waals surface area contributed by atoms with Crippen molar-refractivity contribution in [2.45, 2.75) is 20.8 Å². The number of amides is 1. The van der Waals surface area contributed by atoms with Crippen LogP contribution in [0.1, 0.15) is 27.2 Å². The highest BCUT2D eigenvalue weighted by molar-refractivity contribution is 6.04. The van der Waals surface area contributed by atoms with E-state index in [4.69, 9.17) is 5.10 Å². The number of carbonyl (C=O) groups excluding carboxylic acids is 1. The monoisotopic (exact) mass is 457 g/mol. The molecule has 1 N–H and O–H groups in total. The summed E-state index contributed by atoms with van der Waals surface area (Å²) >= 11 is 0. The van der Waals surface area contributed by atoms with Crippen LogP contribution in [0.5, 0.6) is 0 Å². The lowest BCUT2D eigenvalue weighted by atomic mass is 10.0. The molecule has 0 atom stereocenters. The molecule has 1 heterocycles. The van der Waals surface area contributed by atoms with E-state index in [1.54, 1.807) is 0 Å². The maximum absolute atomic E-state index is 13.2. The molecule has 0 saturated heterocycles. The van der Waals surface area contributed by atoms with Crippen molar-refractivity contribution in [1.29, 1.82) is 0 Å². The largest absolute Gasteiger partial charge is 0.320 e. The molecule has 4 heteroatoms. The third kappa shape index (κ3) is 4.64. The number of nitrogens with one attached hydrogen (secondary N) is 1. The van der Waals surface area contributed by atoms with Crippen LogP contribution in [-0.4, -0.2) is 15.7 Å². The molecule has 0 fully saturated rings. The topological polar surface area (TPSA) is 46.9 Å². The lowest BCUT2D eigenvalue weighted by Gasteiger charge is -2.11. The summed E-state index contributed by atoms with van der Waals surface area (Å²) < 4.78 is 1.87. The van der Waals surface area contributed by atoms with Gasteiger partial charge in [-0.2, -0.15) is 5.10 Å². The summed E-state index contributed by atoms with van der Waals surface area (Å²) in [7, 11) is 0. The number of aromatic nitrogens is 2. The second-order valence-electron chi connectivity index (χ2n) is 8.83. The first-order chi connectivity index (χ1) is 17.0. The Bertz CT molecular complexity index is 1500. The minimum atomic E-state index is -0.229. The van der Waals surface area contributed by atoms with Crippen LogP contribution in [0.2, 0.25) is 0 Å². The predicted octanol–water partition coefficient (Wildman–Crippen LogP) is 7.38. The van der Waals surface area contributed by atoms with Gasteiger partial charge < -0.3 is 5.32 Å². The summed E-state index contributed by atoms with van der Waals surface area (Å²) in [4.78, 5) is 13.2. The average molecular weight is 458 g/mol. The van der Waals surface area contributed by atoms with Gasteiger partial charge in [-0.05, 0) is 66.8 Å². The number of rotatable bonds is 5. The third-order valence-electron chi connectivity index (χ3n) is 6.21. The fraction of sp³-hybridized carbons (Fsp3) is 0.0968. The van der Waals surface area contributed by atoms with Crippen LogP contribution in [-0.2, 0) is 0 Å². The molecule has 0 spiro atoms. The number of para-hydroxylation sites is 1. The van der Waals surface area contributed by atoms with Crippen molar-refractivity contribution in [1.82, 2.24) is 9.78 Å². The smallest absolute Gasteiger partial charge is 0.276 e. The normalized spacial score (nSPS) is 10.8. The van der Waals surface area contributed by atoms with Gasteiger partial charge in [-0.3, -0.25) is 4.79 Å². The molecule has 0 radical (unpaired) electrons. The zero-order valence-corrected chi connectivity index (χ0v) is 20.1. The summed E-state index contributed by atoms with van der Waals surface area (Å²) in [6, 6.07) is 34.6. The lowest BCUT2D eigenvalue weighted by molar-refractivity contribution is 0.102. The van der Waals surface area contributed by atoms with Gasteiger partial charge in [-0.15, -0.1) is 0 Å². The Morgan fingerprint density at radius 1 is 0.686 bits per heavy atom. The Labute approximate surface area is 205 Å². The molecule has 4 aromatic carbocycles. The number of benzene rings is 4. The Hall–Kier alpha value is -4.44. The van der Waals surface area contributed by atoms with E-state index in [-0.39, 0.29) is 5.91 Å². The second kappa shape index (κ2) is 9.43.